The lowest BCUT2D eigenvalue weighted by Crippen LogP contribution is -2.30. The molecule has 0 rings (SSSR count). The van der Waals surface area contributed by atoms with Gasteiger partial charge in [0.15, 0.2) is 12.2 Å². The van der Waals surface area contributed by atoms with Crippen molar-refractivity contribution in [1.82, 2.24) is 0 Å². The van der Waals surface area contributed by atoms with E-state index < -0.39 is 97.5 Å². The van der Waals surface area contributed by atoms with Crippen LogP contribution in [0.15, 0.2) is 72.9 Å². The van der Waals surface area contributed by atoms with Crippen molar-refractivity contribution >= 4 is 39.5 Å². The summed E-state index contributed by atoms with van der Waals surface area (Å²) in [7, 11) is -9.95. The van der Waals surface area contributed by atoms with Crippen LogP contribution >= 0.6 is 15.6 Å². The van der Waals surface area contributed by atoms with Gasteiger partial charge in [-0.2, -0.15) is 0 Å². The standard InChI is InChI=1S/C79H142O17P2/c1-5-9-13-17-21-25-29-33-35-36-38-41-44-48-52-56-60-64-77(82)90-70-74(95-78(83)65-61-57-53-49-45-40-32-28-24-20-16-12-8-4)71-93-97(85,86)91-67-73(80)68-92-98(87,88)94-72-75(69-89-76(81)63-59-55-51-47-43-39-31-27-23-19-15-11-7-3)96-79(84)66-62-58-54-50-46-42-37-34-30-26-22-18-14-10-6-2/h21,25-26,30,33-35,37-38,41,48,52,73-75,80H,5-20,22-24,27-29,31-32,36,39-40,42-47,49-51,53-72H2,1-4H3,(H,85,86)(H,87,88)/b25-21-,30-26-,35-33-,37-34-,41-38-,52-48-/t73-,74+,75+/m0/s1. The molecule has 0 radical (unpaired) electrons. The Bertz CT molecular complexity index is 2140. The molecule has 0 aliphatic rings. The molecule has 570 valence electrons. The molecular weight excluding hydrogens is 1280 g/mol. The van der Waals surface area contributed by atoms with E-state index in [0.29, 0.717) is 32.1 Å². The first kappa shape index (κ1) is 94.5. The number of esters is 4. The van der Waals surface area contributed by atoms with Gasteiger partial charge in [0.1, 0.15) is 19.3 Å². The molecule has 0 saturated carbocycles. The first-order valence-electron chi connectivity index (χ1n) is 39.2. The molecule has 0 spiro atoms. The Morgan fingerprint density at radius 3 is 0.898 bits per heavy atom. The number of hydrogen-bond donors (Lipinski definition) is 3. The SMILES string of the molecule is CCCCC/C=C\C/C=C\C/C=C\C/C=C\CCCC(=O)OC[C@H](COP(=O)(O)OC[C@H](O)COP(=O)(O)OC[C@@H](COC(=O)CCCCCCCCCCCCCCC)OC(=O)CCCCCCC/C=C\C=C/CCCCCC)OC(=O)CCCCCCCCCCCCCCC. The number of carbonyl (C=O) groups is 4. The minimum absolute atomic E-state index is 0.0807. The number of aliphatic hydroxyl groups excluding tert-OH is 1. The Kier molecular flexibility index (Phi) is 69.3. The zero-order valence-corrected chi connectivity index (χ0v) is 64.0. The van der Waals surface area contributed by atoms with E-state index in [4.69, 9.17) is 37.0 Å². The molecule has 19 heteroatoms. The fraction of sp³-hybridized carbons (Fsp3) is 0.797. The Balaban J connectivity index is 5.37. The molecule has 0 amide bonds. The van der Waals surface area contributed by atoms with Gasteiger partial charge in [0, 0.05) is 25.7 Å². The molecule has 0 saturated heterocycles. The van der Waals surface area contributed by atoms with E-state index in [1.807, 2.05) is 12.2 Å². The van der Waals surface area contributed by atoms with Crippen LogP contribution in [-0.4, -0.2) is 96.7 Å². The van der Waals surface area contributed by atoms with Gasteiger partial charge in [-0.25, -0.2) is 9.13 Å². The van der Waals surface area contributed by atoms with Crippen molar-refractivity contribution in [3.8, 4) is 0 Å². The molecule has 0 heterocycles. The second-order valence-electron chi connectivity index (χ2n) is 26.3. The number of phosphoric acid groups is 2. The number of hydrogen-bond acceptors (Lipinski definition) is 15. The van der Waals surface area contributed by atoms with Gasteiger partial charge >= 0.3 is 39.5 Å². The molecule has 3 N–H and O–H groups in total. The molecule has 2 unspecified atom stereocenters. The van der Waals surface area contributed by atoms with Gasteiger partial charge in [0.05, 0.1) is 26.4 Å². The van der Waals surface area contributed by atoms with Crippen LogP contribution in [0.4, 0.5) is 0 Å². The highest BCUT2D eigenvalue weighted by Gasteiger charge is 2.30. The van der Waals surface area contributed by atoms with Gasteiger partial charge in [0.25, 0.3) is 0 Å². The van der Waals surface area contributed by atoms with E-state index in [0.717, 1.165) is 109 Å². The predicted molar refractivity (Wildman–Crippen MR) is 400 cm³/mol. The van der Waals surface area contributed by atoms with Crippen LogP contribution in [0.1, 0.15) is 349 Å². The Morgan fingerprint density at radius 1 is 0.296 bits per heavy atom. The van der Waals surface area contributed by atoms with Gasteiger partial charge < -0.3 is 33.8 Å². The second-order valence-corrected chi connectivity index (χ2v) is 29.2. The third-order valence-corrected chi connectivity index (χ3v) is 18.6. The molecule has 98 heavy (non-hydrogen) atoms. The van der Waals surface area contributed by atoms with E-state index in [1.165, 1.54) is 154 Å². The summed E-state index contributed by atoms with van der Waals surface area (Å²) in [4.78, 5) is 72.8. The van der Waals surface area contributed by atoms with Crippen molar-refractivity contribution in [2.45, 2.75) is 367 Å². The van der Waals surface area contributed by atoms with E-state index in [-0.39, 0.29) is 25.7 Å². The molecule has 0 fully saturated rings. The van der Waals surface area contributed by atoms with Gasteiger partial charge in [-0.3, -0.25) is 37.3 Å². The minimum atomic E-state index is -4.98. The topological polar surface area (TPSA) is 237 Å². The number of aliphatic hydroxyl groups is 1. The number of rotatable bonds is 74. The Hall–Kier alpha value is -3.50. The fourth-order valence-electron chi connectivity index (χ4n) is 10.7. The van der Waals surface area contributed by atoms with Crippen LogP contribution in [0.3, 0.4) is 0 Å². The summed E-state index contributed by atoms with van der Waals surface area (Å²) in [5.74, 6) is -2.23. The van der Waals surface area contributed by atoms with Crippen LogP contribution in [0.2, 0.25) is 0 Å². The van der Waals surface area contributed by atoms with Crippen LogP contribution in [0.25, 0.3) is 0 Å². The molecule has 0 bridgehead atoms. The monoisotopic (exact) mass is 1420 g/mol. The number of ether oxygens (including phenoxy) is 4. The summed E-state index contributed by atoms with van der Waals surface area (Å²) in [6.45, 7) is 4.80. The average molecular weight is 1430 g/mol. The highest BCUT2D eigenvalue weighted by molar-refractivity contribution is 7.47. The Labute approximate surface area is 596 Å². The van der Waals surface area contributed by atoms with Gasteiger partial charge in [-0.15, -0.1) is 0 Å². The fourth-order valence-corrected chi connectivity index (χ4v) is 12.3. The summed E-state index contributed by atoms with van der Waals surface area (Å²) in [6.07, 6.45) is 71.7. The third kappa shape index (κ3) is 70.9. The maximum absolute atomic E-state index is 13.1. The van der Waals surface area contributed by atoms with E-state index in [2.05, 4.69) is 88.5 Å². The summed E-state index contributed by atoms with van der Waals surface area (Å²) >= 11 is 0. The quantitative estimate of drug-likeness (QED) is 0.0128. The predicted octanol–water partition coefficient (Wildman–Crippen LogP) is 22.4. The van der Waals surface area contributed by atoms with Gasteiger partial charge in [-0.05, 0) is 89.9 Å². The van der Waals surface area contributed by atoms with Crippen molar-refractivity contribution in [2.75, 3.05) is 39.6 Å². The third-order valence-electron chi connectivity index (χ3n) is 16.7. The van der Waals surface area contributed by atoms with Gasteiger partial charge in [-0.1, -0.05) is 306 Å². The zero-order chi connectivity index (χ0) is 71.8. The van der Waals surface area contributed by atoms with Crippen molar-refractivity contribution < 1.29 is 80.2 Å². The maximum atomic E-state index is 13.1. The van der Waals surface area contributed by atoms with Crippen molar-refractivity contribution in [2.24, 2.45) is 0 Å². The van der Waals surface area contributed by atoms with E-state index >= 15 is 0 Å². The lowest BCUT2D eigenvalue weighted by molar-refractivity contribution is -0.161. The van der Waals surface area contributed by atoms with Crippen LogP contribution in [-0.2, 0) is 65.4 Å². The molecule has 0 aromatic carbocycles. The first-order chi connectivity index (χ1) is 47.7. The van der Waals surface area contributed by atoms with Gasteiger partial charge in [0.2, 0.25) is 0 Å². The minimum Gasteiger partial charge on any atom is -0.462 e. The number of unbranched alkanes of at least 4 members (excludes halogenated alkanes) is 37. The summed E-state index contributed by atoms with van der Waals surface area (Å²) in [5, 5.41) is 10.6. The lowest BCUT2D eigenvalue weighted by Gasteiger charge is -2.21. The summed E-state index contributed by atoms with van der Waals surface area (Å²) in [5.41, 5.74) is 0. The largest absolute Gasteiger partial charge is 0.472 e. The molecular formula is C79H142O17P2. The molecule has 17 nitrogen and oxygen atoms in total. The second kappa shape index (κ2) is 71.9. The molecule has 0 aliphatic carbocycles. The van der Waals surface area contributed by atoms with Crippen LogP contribution in [0.5, 0.6) is 0 Å². The molecule has 0 aliphatic heterocycles. The maximum Gasteiger partial charge on any atom is 0.472 e. The van der Waals surface area contributed by atoms with Crippen molar-refractivity contribution in [3.05, 3.63) is 72.9 Å². The average Bonchev–Trinajstić information content (AvgIpc) is 0.962. The Morgan fingerprint density at radius 2 is 0.541 bits per heavy atom. The van der Waals surface area contributed by atoms with E-state index in [1.54, 1.807) is 0 Å². The number of phosphoric ester groups is 2. The lowest BCUT2D eigenvalue weighted by atomic mass is 10.0. The summed E-state index contributed by atoms with van der Waals surface area (Å²) in [6, 6.07) is 0. The number of allylic oxidation sites excluding steroid dienone is 12. The molecule has 0 aromatic rings. The molecule has 5 atom stereocenters. The number of carbonyl (C=O) groups excluding carboxylic acids is 4. The normalized spacial score (nSPS) is 14.3. The van der Waals surface area contributed by atoms with Crippen molar-refractivity contribution in [1.29, 1.82) is 0 Å². The zero-order valence-electron chi connectivity index (χ0n) is 62.2. The smallest absolute Gasteiger partial charge is 0.462 e. The molecule has 0 aromatic heterocycles. The highest BCUT2D eigenvalue weighted by atomic mass is 31.2. The van der Waals surface area contributed by atoms with Crippen LogP contribution < -0.4 is 0 Å². The van der Waals surface area contributed by atoms with E-state index in [9.17, 15) is 43.2 Å². The highest BCUT2D eigenvalue weighted by Crippen LogP contribution is 2.45. The van der Waals surface area contributed by atoms with Crippen LogP contribution in [0, 0.1) is 0 Å². The summed E-state index contributed by atoms with van der Waals surface area (Å²) < 4.78 is 68.5. The van der Waals surface area contributed by atoms with Crippen molar-refractivity contribution in [3.63, 3.8) is 0 Å². The first-order valence-corrected chi connectivity index (χ1v) is 42.2.